The van der Waals surface area contributed by atoms with Crippen molar-refractivity contribution in [3.63, 3.8) is 0 Å². The van der Waals surface area contributed by atoms with Crippen LogP contribution in [-0.2, 0) is 19.2 Å². The van der Waals surface area contributed by atoms with Crippen LogP contribution < -0.4 is 0 Å². The maximum Gasteiger partial charge on any atom is 0.333 e. The fourth-order valence-corrected chi connectivity index (χ4v) is 1.47. The summed E-state index contributed by atoms with van der Waals surface area (Å²) in [6, 6.07) is 0. The van der Waals surface area contributed by atoms with Crippen LogP contribution in [0.15, 0.2) is 0 Å². The van der Waals surface area contributed by atoms with Crippen molar-refractivity contribution in [1.29, 1.82) is 0 Å². The van der Waals surface area contributed by atoms with Crippen LogP contribution in [0.5, 0.6) is 0 Å². The molecule has 7 heteroatoms. The number of aliphatic hydroxyl groups is 2. The van der Waals surface area contributed by atoms with Gasteiger partial charge in [0.05, 0.1) is 0 Å². The number of hydroxylamine groups is 2. The highest BCUT2D eigenvalue weighted by Gasteiger charge is 2.32. The molecule has 1 fully saturated rings. The third-order valence-electron chi connectivity index (χ3n) is 2.83. The largest absolute Gasteiger partial charge is 0.400 e. The monoisotopic (exact) mass is 333 g/mol. The van der Waals surface area contributed by atoms with Crippen LogP contribution in [0.4, 0.5) is 0 Å². The van der Waals surface area contributed by atoms with Crippen LogP contribution in [0.1, 0.15) is 59.8 Å². The second-order valence-electron chi connectivity index (χ2n) is 5.88. The highest BCUT2D eigenvalue weighted by atomic mass is 16.7. The van der Waals surface area contributed by atoms with E-state index in [2.05, 4.69) is 18.7 Å². The first-order valence-corrected chi connectivity index (χ1v) is 7.90. The van der Waals surface area contributed by atoms with Gasteiger partial charge in [0.25, 0.3) is 11.8 Å². The minimum Gasteiger partial charge on any atom is -0.400 e. The van der Waals surface area contributed by atoms with E-state index in [1.54, 1.807) is 0 Å². The summed E-state index contributed by atoms with van der Waals surface area (Å²) in [7, 11) is 1.00. The van der Waals surface area contributed by atoms with E-state index < -0.39 is 17.8 Å². The van der Waals surface area contributed by atoms with Gasteiger partial charge in [0.15, 0.2) is 0 Å². The normalized spacial score (nSPS) is 13.5. The highest BCUT2D eigenvalue weighted by Crippen LogP contribution is 2.13. The predicted octanol–water partition coefficient (Wildman–Crippen LogP) is 1.66. The Hall–Kier alpha value is -1.47. The van der Waals surface area contributed by atoms with Gasteiger partial charge in [-0.3, -0.25) is 9.59 Å². The summed E-state index contributed by atoms with van der Waals surface area (Å²) in [5.74, 6) is -0.347. The number of carbonyl (C=O) groups excluding carboxylic acids is 3. The molecule has 0 aromatic carbocycles. The van der Waals surface area contributed by atoms with Crippen LogP contribution in [0, 0.1) is 11.8 Å². The van der Waals surface area contributed by atoms with Crippen molar-refractivity contribution in [2.75, 3.05) is 13.7 Å². The molecule has 0 bridgehead atoms. The molecule has 1 rings (SSSR count). The number of imide groups is 1. The zero-order chi connectivity index (χ0) is 18.4. The van der Waals surface area contributed by atoms with Gasteiger partial charge in [0.2, 0.25) is 0 Å². The van der Waals surface area contributed by atoms with Gasteiger partial charge in [-0.2, -0.15) is 0 Å². The Morgan fingerprint density at radius 2 is 1.48 bits per heavy atom. The molecule has 1 saturated heterocycles. The lowest BCUT2D eigenvalue weighted by molar-refractivity contribution is -0.197. The van der Waals surface area contributed by atoms with Gasteiger partial charge in [0, 0.05) is 33.0 Å². The van der Waals surface area contributed by atoms with Gasteiger partial charge in [-0.15, -0.1) is 5.06 Å². The second kappa shape index (κ2) is 14.1. The van der Waals surface area contributed by atoms with Gasteiger partial charge in [-0.05, 0) is 24.7 Å². The molecule has 23 heavy (non-hydrogen) atoms. The lowest BCUT2D eigenvalue weighted by atomic mass is 10.1. The molecule has 0 radical (unpaired) electrons. The summed E-state index contributed by atoms with van der Waals surface area (Å²) in [4.78, 5) is 38.1. The van der Waals surface area contributed by atoms with E-state index in [0.717, 1.165) is 13.5 Å². The Balaban J connectivity index is 0. The summed E-state index contributed by atoms with van der Waals surface area (Å²) in [5.41, 5.74) is 0. The first-order valence-electron chi connectivity index (χ1n) is 7.90. The molecule has 0 spiro atoms. The van der Waals surface area contributed by atoms with Gasteiger partial charge in [-0.25, -0.2) is 4.79 Å². The van der Waals surface area contributed by atoms with Crippen molar-refractivity contribution in [3.05, 3.63) is 0 Å². The third-order valence-corrected chi connectivity index (χ3v) is 2.83. The van der Waals surface area contributed by atoms with Crippen molar-refractivity contribution in [1.82, 2.24) is 5.06 Å². The SMILES string of the molecule is CC(C)CCC(=O)ON1C(=O)CCC1=O.CC(C)CCO.CO. The van der Waals surface area contributed by atoms with Gasteiger partial charge in [-0.1, -0.05) is 27.7 Å². The number of hydrogen-bond donors (Lipinski definition) is 2. The summed E-state index contributed by atoms with van der Waals surface area (Å²) >= 11 is 0. The van der Waals surface area contributed by atoms with Gasteiger partial charge >= 0.3 is 5.97 Å². The van der Waals surface area contributed by atoms with Crippen LogP contribution in [-0.4, -0.2) is 46.8 Å². The van der Waals surface area contributed by atoms with Crippen molar-refractivity contribution in [3.8, 4) is 0 Å². The number of rotatable bonds is 6. The Kier molecular flexibility index (Phi) is 14.6. The molecular formula is C16H31NO6. The molecule has 0 aromatic heterocycles. The average molecular weight is 333 g/mol. The summed E-state index contributed by atoms with van der Waals surface area (Å²) in [6.45, 7) is 8.49. The zero-order valence-corrected chi connectivity index (χ0v) is 14.9. The number of hydrogen-bond acceptors (Lipinski definition) is 6. The standard InChI is InChI=1S/C10H15NO4.C5H12O.CH4O/c1-7(2)3-6-10(14)15-11-8(12)4-5-9(11)13;1-5(2)3-4-6;1-2/h7H,3-6H2,1-2H3;5-6H,3-4H2,1-2H3;2H,1H3. The second-order valence-corrected chi connectivity index (χ2v) is 5.88. The molecule has 0 aliphatic carbocycles. The molecule has 136 valence electrons. The minimum atomic E-state index is -0.521. The van der Waals surface area contributed by atoms with E-state index in [1.165, 1.54) is 0 Å². The molecule has 1 aliphatic rings. The molecule has 0 saturated carbocycles. The summed E-state index contributed by atoms with van der Waals surface area (Å²) < 4.78 is 0. The molecule has 0 aromatic rings. The molecule has 2 N–H and O–H groups in total. The van der Waals surface area contributed by atoms with Crippen LogP contribution in [0.2, 0.25) is 0 Å². The Labute approximate surface area is 138 Å². The topological polar surface area (TPSA) is 104 Å². The number of nitrogens with zero attached hydrogens (tertiary/aromatic N) is 1. The predicted molar refractivity (Wildman–Crippen MR) is 85.9 cm³/mol. The third kappa shape index (κ3) is 12.7. The lowest BCUT2D eigenvalue weighted by Gasteiger charge is -2.12. The molecule has 0 atom stereocenters. The Morgan fingerprint density at radius 1 is 1.04 bits per heavy atom. The highest BCUT2D eigenvalue weighted by molar-refractivity contribution is 6.01. The van der Waals surface area contributed by atoms with Crippen molar-refractivity contribution < 1.29 is 29.4 Å². The molecule has 7 nitrogen and oxygen atoms in total. The van der Waals surface area contributed by atoms with Crippen molar-refractivity contribution >= 4 is 17.8 Å². The summed E-state index contributed by atoms with van der Waals surface area (Å²) in [5, 5.41) is 15.8. The summed E-state index contributed by atoms with van der Waals surface area (Å²) in [6.07, 6.45) is 2.12. The number of aliphatic hydroxyl groups excluding tert-OH is 2. The molecule has 1 aliphatic heterocycles. The maximum atomic E-state index is 11.2. The fraction of sp³-hybridized carbons (Fsp3) is 0.812. The number of carbonyl (C=O) groups is 3. The number of amides is 2. The molecule has 1 heterocycles. The zero-order valence-electron chi connectivity index (χ0n) is 14.9. The van der Waals surface area contributed by atoms with E-state index in [4.69, 9.17) is 10.2 Å². The lowest BCUT2D eigenvalue weighted by Crippen LogP contribution is -2.32. The van der Waals surface area contributed by atoms with Gasteiger partial charge < -0.3 is 15.1 Å². The van der Waals surface area contributed by atoms with Crippen molar-refractivity contribution in [2.24, 2.45) is 11.8 Å². The van der Waals surface area contributed by atoms with E-state index in [0.29, 0.717) is 29.9 Å². The Morgan fingerprint density at radius 3 is 1.78 bits per heavy atom. The molecular weight excluding hydrogens is 302 g/mol. The molecule has 0 unspecified atom stereocenters. The van der Waals surface area contributed by atoms with E-state index in [9.17, 15) is 14.4 Å². The van der Waals surface area contributed by atoms with Gasteiger partial charge in [0.1, 0.15) is 0 Å². The van der Waals surface area contributed by atoms with Crippen LogP contribution >= 0.6 is 0 Å². The van der Waals surface area contributed by atoms with E-state index >= 15 is 0 Å². The minimum absolute atomic E-state index is 0.135. The van der Waals surface area contributed by atoms with Crippen molar-refractivity contribution in [2.45, 2.75) is 59.8 Å². The Bertz CT molecular complexity index is 338. The molecule has 2 amide bonds. The average Bonchev–Trinajstić information content (AvgIpc) is 2.79. The fourth-order valence-electron chi connectivity index (χ4n) is 1.47. The first-order chi connectivity index (χ1) is 10.8. The first kappa shape index (κ1) is 23.8. The van der Waals surface area contributed by atoms with Crippen LogP contribution in [0.25, 0.3) is 0 Å². The quantitative estimate of drug-likeness (QED) is 0.716. The van der Waals surface area contributed by atoms with E-state index in [1.807, 2.05) is 13.8 Å². The smallest absolute Gasteiger partial charge is 0.333 e. The van der Waals surface area contributed by atoms with E-state index in [-0.39, 0.29) is 19.3 Å². The maximum absolute atomic E-state index is 11.2. The van der Waals surface area contributed by atoms with Crippen LogP contribution in [0.3, 0.4) is 0 Å².